The topological polar surface area (TPSA) is 47.3 Å². The molecular weight excluding hydrogens is 188 g/mol. The van der Waals surface area contributed by atoms with E-state index in [1.54, 1.807) is 0 Å². The molecule has 0 saturated carbocycles. The van der Waals surface area contributed by atoms with E-state index in [9.17, 15) is 5.11 Å². The van der Waals surface area contributed by atoms with Gasteiger partial charge >= 0.3 is 0 Å². The molecule has 3 nitrogen and oxygen atoms in total. The first-order valence-corrected chi connectivity index (χ1v) is 6.00. The van der Waals surface area contributed by atoms with Crippen molar-refractivity contribution in [2.24, 2.45) is 5.92 Å². The lowest BCUT2D eigenvalue weighted by molar-refractivity contribution is -0.0520. The Morgan fingerprint density at radius 3 is 2.40 bits per heavy atom. The van der Waals surface area contributed by atoms with Crippen LogP contribution in [0.2, 0.25) is 0 Å². The molecule has 1 fully saturated rings. The maximum absolute atomic E-state index is 10.4. The van der Waals surface area contributed by atoms with Crippen molar-refractivity contribution < 1.29 is 5.11 Å². The molecule has 86 valence electrons. The summed E-state index contributed by atoms with van der Waals surface area (Å²) in [6.07, 6.45) is 3.29. The zero-order valence-electron chi connectivity index (χ0n) is 9.87. The molecule has 0 bridgehead atoms. The van der Waals surface area contributed by atoms with Crippen molar-refractivity contribution in [3.63, 3.8) is 0 Å². The highest BCUT2D eigenvalue weighted by Gasteiger charge is 2.38. The third-order valence-electron chi connectivity index (χ3n) is 3.55. The molecule has 1 saturated heterocycles. The van der Waals surface area contributed by atoms with Crippen LogP contribution >= 0.6 is 0 Å². The van der Waals surface area contributed by atoms with E-state index in [1.165, 1.54) is 0 Å². The summed E-state index contributed by atoms with van der Waals surface area (Å²) in [6.45, 7) is 7.10. The number of likely N-dealkylation sites (tertiary alicyclic amines) is 1. The lowest BCUT2D eigenvalue weighted by Gasteiger charge is -2.40. The van der Waals surface area contributed by atoms with E-state index >= 15 is 0 Å². The number of rotatable bonds is 4. The number of hydrogen-bond donors (Lipinski definition) is 1. The molecule has 0 aromatic rings. The standard InChI is InChI=1S/C12H22N2O/c1-3-5-11(10-13)12(15)6-8-14(4-2)9-7-12/h11,15H,3-9H2,1-2H3. The van der Waals surface area contributed by atoms with Crippen LogP contribution in [0.25, 0.3) is 0 Å². The highest BCUT2D eigenvalue weighted by molar-refractivity contribution is 5.00. The number of piperidine rings is 1. The molecule has 0 aromatic heterocycles. The van der Waals surface area contributed by atoms with Crippen molar-refractivity contribution >= 4 is 0 Å². The van der Waals surface area contributed by atoms with Gasteiger partial charge in [-0.3, -0.25) is 0 Å². The Balaban J connectivity index is 2.56. The van der Waals surface area contributed by atoms with Crippen LogP contribution in [0, 0.1) is 17.2 Å². The van der Waals surface area contributed by atoms with Gasteiger partial charge in [-0.25, -0.2) is 0 Å². The zero-order chi connectivity index (χ0) is 11.3. The molecule has 0 aliphatic carbocycles. The third kappa shape index (κ3) is 2.93. The minimum absolute atomic E-state index is 0.179. The van der Waals surface area contributed by atoms with Crippen LogP contribution in [0.1, 0.15) is 39.5 Å². The van der Waals surface area contributed by atoms with Crippen molar-refractivity contribution in [1.29, 1.82) is 5.26 Å². The van der Waals surface area contributed by atoms with Gasteiger partial charge in [0.2, 0.25) is 0 Å². The average molecular weight is 210 g/mol. The quantitative estimate of drug-likeness (QED) is 0.769. The SMILES string of the molecule is CCCC(C#N)C1(O)CCN(CC)CC1. The summed E-state index contributed by atoms with van der Waals surface area (Å²) in [5, 5.41) is 19.5. The summed E-state index contributed by atoms with van der Waals surface area (Å²) in [5.41, 5.74) is -0.726. The van der Waals surface area contributed by atoms with E-state index < -0.39 is 5.60 Å². The van der Waals surface area contributed by atoms with Gasteiger partial charge in [0.15, 0.2) is 0 Å². The fourth-order valence-corrected chi connectivity index (χ4v) is 2.35. The van der Waals surface area contributed by atoms with Gasteiger partial charge in [0.05, 0.1) is 17.6 Å². The molecule has 1 aliphatic heterocycles. The Labute approximate surface area is 92.7 Å². The average Bonchev–Trinajstić information content (AvgIpc) is 2.27. The van der Waals surface area contributed by atoms with Gasteiger partial charge in [0, 0.05) is 13.1 Å². The Kier molecular flexibility index (Phi) is 4.56. The van der Waals surface area contributed by atoms with Gasteiger partial charge in [-0.1, -0.05) is 20.3 Å². The Morgan fingerprint density at radius 1 is 1.40 bits per heavy atom. The molecule has 0 spiro atoms. The lowest BCUT2D eigenvalue weighted by Crippen LogP contribution is -2.48. The number of hydrogen-bond acceptors (Lipinski definition) is 3. The second kappa shape index (κ2) is 5.48. The Bertz CT molecular complexity index is 226. The van der Waals surface area contributed by atoms with Crippen molar-refractivity contribution in [1.82, 2.24) is 4.90 Å². The zero-order valence-corrected chi connectivity index (χ0v) is 9.87. The van der Waals surface area contributed by atoms with Crippen LogP contribution in [0.5, 0.6) is 0 Å². The van der Waals surface area contributed by atoms with E-state index in [0.717, 1.165) is 45.3 Å². The first kappa shape index (κ1) is 12.5. The second-order valence-corrected chi connectivity index (χ2v) is 4.51. The van der Waals surface area contributed by atoms with Gasteiger partial charge < -0.3 is 10.0 Å². The summed E-state index contributed by atoms with van der Waals surface area (Å²) < 4.78 is 0. The van der Waals surface area contributed by atoms with Gasteiger partial charge in [-0.15, -0.1) is 0 Å². The van der Waals surface area contributed by atoms with E-state index in [4.69, 9.17) is 5.26 Å². The third-order valence-corrected chi connectivity index (χ3v) is 3.55. The Morgan fingerprint density at radius 2 is 2.00 bits per heavy atom. The smallest absolute Gasteiger partial charge is 0.0829 e. The maximum Gasteiger partial charge on any atom is 0.0829 e. The van der Waals surface area contributed by atoms with E-state index in [0.29, 0.717) is 0 Å². The minimum atomic E-state index is -0.726. The van der Waals surface area contributed by atoms with Crippen LogP contribution < -0.4 is 0 Å². The molecule has 0 aromatic carbocycles. The summed E-state index contributed by atoms with van der Waals surface area (Å²) in [5.74, 6) is -0.179. The molecule has 15 heavy (non-hydrogen) atoms. The molecule has 1 unspecified atom stereocenters. The molecule has 1 rings (SSSR count). The first-order valence-electron chi connectivity index (χ1n) is 6.00. The second-order valence-electron chi connectivity index (χ2n) is 4.51. The van der Waals surface area contributed by atoms with Crippen LogP contribution in [0.3, 0.4) is 0 Å². The predicted molar refractivity (Wildman–Crippen MR) is 60.3 cm³/mol. The monoisotopic (exact) mass is 210 g/mol. The highest BCUT2D eigenvalue weighted by atomic mass is 16.3. The first-order chi connectivity index (χ1) is 7.16. The molecule has 0 radical (unpaired) electrons. The van der Waals surface area contributed by atoms with Crippen molar-refractivity contribution in [2.45, 2.75) is 45.1 Å². The molecule has 1 N–H and O–H groups in total. The van der Waals surface area contributed by atoms with E-state index in [1.807, 2.05) is 0 Å². The van der Waals surface area contributed by atoms with Crippen LogP contribution in [0.4, 0.5) is 0 Å². The highest BCUT2D eigenvalue weighted by Crippen LogP contribution is 2.32. The van der Waals surface area contributed by atoms with Crippen molar-refractivity contribution in [2.75, 3.05) is 19.6 Å². The molecule has 1 atom stereocenters. The molecule has 0 amide bonds. The number of aliphatic hydroxyl groups is 1. The van der Waals surface area contributed by atoms with Crippen LogP contribution in [0.15, 0.2) is 0 Å². The largest absolute Gasteiger partial charge is 0.388 e. The fraction of sp³-hybridized carbons (Fsp3) is 0.917. The van der Waals surface area contributed by atoms with E-state index in [-0.39, 0.29) is 5.92 Å². The maximum atomic E-state index is 10.4. The summed E-state index contributed by atoms with van der Waals surface area (Å²) in [7, 11) is 0. The van der Waals surface area contributed by atoms with Gasteiger partial charge in [-0.05, 0) is 25.8 Å². The normalized spacial score (nSPS) is 23.3. The summed E-state index contributed by atoms with van der Waals surface area (Å²) >= 11 is 0. The number of nitrogens with zero attached hydrogens (tertiary/aromatic N) is 2. The summed E-state index contributed by atoms with van der Waals surface area (Å²) in [6, 6.07) is 2.28. The fourth-order valence-electron chi connectivity index (χ4n) is 2.35. The van der Waals surface area contributed by atoms with Gasteiger partial charge in [-0.2, -0.15) is 5.26 Å². The molecule has 1 heterocycles. The van der Waals surface area contributed by atoms with Crippen molar-refractivity contribution in [3.8, 4) is 6.07 Å². The van der Waals surface area contributed by atoms with Crippen molar-refractivity contribution in [3.05, 3.63) is 0 Å². The minimum Gasteiger partial charge on any atom is -0.388 e. The number of nitriles is 1. The molecule has 1 aliphatic rings. The van der Waals surface area contributed by atoms with E-state index in [2.05, 4.69) is 24.8 Å². The lowest BCUT2D eigenvalue weighted by atomic mass is 9.78. The molecular formula is C12H22N2O. The summed E-state index contributed by atoms with van der Waals surface area (Å²) in [4.78, 5) is 2.33. The molecule has 3 heteroatoms. The van der Waals surface area contributed by atoms with Crippen LogP contribution in [-0.2, 0) is 0 Å². The van der Waals surface area contributed by atoms with Gasteiger partial charge in [0.1, 0.15) is 0 Å². The Hall–Kier alpha value is -0.590. The van der Waals surface area contributed by atoms with Gasteiger partial charge in [0.25, 0.3) is 0 Å². The predicted octanol–water partition coefficient (Wildman–Crippen LogP) is 1.77. The van der Waals surface area contributed by atoms with Crippen LogP contribution in [-0.4, -0.2) is 35.2 Å².